The molecule has 0 aromatic heterocycles. The highest BCUT2D eigenvalue weighted by Gasteiger charge is 2.27. The van der Waals surface area contributed by atoms with Crippen molar-refractivity contribution < 1.29 is 4.79 Å². The summed E-state index contributed by atoms with van der Waals surface area (Å²) in [5.41, 5.74) is 0. The zero-order chi connectivity index (χ0) is 12.8. The van der Waals surface area contributed by atoms with Crippen LogP contribution in [0.4, 0.5) is 0 Å². The predicted molar refractivity (Wildman–Crippen MR) is 70.9 cm³/mol. The van der Waals surface area contributed by atoms with Crippen molar-refractivity contribution in [2.75, 3.05) is 46.8 Å². The molecule has 0 radical (unpaired) electrons. The van der Waals surface area contributed by atoms with Crippen molar-refractivity contribution in [2.24, 2.45) is 11.8 Å². The first-order valence-corrected chi connectivity index (χ1v) is 6.65. The lowest BCUT2D eigenvalue weighted by atomic mass is 10.1. The van der Waals surface area contributed by atoms with Gasteiger partial charge in [-0.3, -0.25) is 4.79 Å². The molecule has 0 spiro atoms. The van der Waals surface area contributed by atoms with Gasteiger partial charge in [0.25, 0.3) is 0 Å². The maximum atomic E-state index is 12.4. The average Bonchev–Trinajstić information content (AvgIpc) is 2.75. The lowest BCUT2D eigenvalue weighted by Crippen LogP contribution is -2.42. The molecule has 4 nitrogen and oxygen atoms in total. The fourth-order valence-electron chi connectivity index (χ4n) is 2.18. The molecule has 1 heterocycles. The van der Waals surface area contributed by atoms with Crippen LogP contribution in [0.25, 0.3) is 0 Å². The second-order valence-electron chi connectivity index (χ2n) is 5.67. The molecule has 0 bridgehead atoms. The van der Waals surface area contributed by atoms with Gasteiger partial charge in [0.2, 0.25) is 5.91 Å². The van der Waals surface area contributed by atoms with Gasteiger partial charge in [-0.25, -0.2) is 0 Å². The monoisotopic (exact) mass is 241 g/mol. The van der Waals surface area contributed by atoms with Crippen LogP contribution in [0.1, 0.15) is 20.3 Å². The van der Waals surface area contributed by atoms with Gasteiger partial charge in [-0.15, -0.1) is 0 Å². The summed E-state index contributed by atoms with van der Waals surface area (Å²) in [5, 5.41) is 3.27. The minimum absolute atomic E-state index is 0.205. The molecule has 1 N–H and O–H groups in total. The van der Waals surface area contributed by atoms with Gasteiger partial charge >= 0.3 is 0 Å². The number of rotatable bonds is 6. The maximum absolute atomic E-state index is 12.4. The summed E-state index contributed by atoms with van der Waals surface area (Å²) in [6.07, 6.45) is 0.995. The molecule has 1 aliphatic heterocycles. The fourth-order valence-corrected chi connectivity index (χ4v) is 2.18. The molecule has 1 unspecified atom stereocenters. The van der Waals surface area contributed by atoms with E-state index in [1.54, 1.807) is 0 Å². The zero-order valence-electron chi connectivity index (χ0n) is 11.7. The van der Waals surface area contributed by atoms with E-state index in [2.05, 4.69) is 38.2 Å². The fraction of sp³-hybridized carbons (Fsp3) is 0.923. The van der Waals surface area contributed by atoms with E-state index >= 15 is 0 Å². The van der Waals surface area contributed by atoms with E-state index < -0.39 is 0 Å². The molecule has 4 heteroatoms. The molecule has 0 aromatic carbocycles. The van der Waals surface area contributed by atoms with E-state index in [-0.39, 0.29) is 5.92 Å². The third-order valence-corrected chi connectivity index (χ3v) is 3.12. The normalized spacial score (nSPS) is 20.2. The first-order valence-electron chi connectivity index (χ1n) is 6.65. The maximum Gasteiger partial charge on any atom is 0.227 e. The van der Waals surface area contributed by atoms with E-state index in [0.717, 1.165) is 39.1 Å². The Bertz CT molecular complexity index is 235. The Morgan fingerprint density at radius 2 is 2.06 bits per heavy atom. The number of carbonyl (C=O) groups excluding carboxylic acids is 1. The number of hydrogen-bond donors (Lipinski definition) is 1. The Morgan fingerprint density at radius 1 is 1.35 bits per heavy atom. The molecular formula is C13H27N3O. The quantitative estimate of drug-likeness (QED) is 0.741. The molecule has 1 rings (SSSR count). The van der Waals surface area contributed by atoms with Crippen LogP contribution in [0.15, 0.2) is 0 Å². The molecular weight excluding hydrogens is 214 g/mol. The molecule has 1 atom stereocenters. The molecule has 0 saturated carbocycles. The van der Waals surface area contributed by atoms with Crippen LogP contribution < -0.4 is 5.32 Å². The predicted octanol–water partition coefficient (Wildman–Crippen LogP) is 0.642. The summed E-state index contributed by atoms with van der Waals surface area (Å²) in [7, 11) is 4.10. The van der Waals surface area contributed by atoms with Gasteiger partial charge < -0.3 is 15.1 Å². The van der Waals surface area contributed by atoms with Gasteiger partial charge in [-0.05, 0) is 33.0 Å². The summed E-state index contributed by atoms with van der Waals surface area (Å²) in [4.78, 5) is 16.5. The van der Waals surface area contributed by atoms with E-state index in [1.165, 1.54) is 0 Å². The molecule has 0 aromatic rings. The summed E-state index contributed by atoms with van der Waals surface area (Å²) in [5.74, 6) is 1.08. The van der Waals surface area contributed by atoms with E-state index in [4.69, 9.17) is 0 Å². The molecule has 1 aliphatic rings. The molecule has 1 saturated heterocycles. The first-order chi connectivity index (χ1) is 8.00. The summed E-state index contributed by atoms with van der Waals surface area (Å²) >= 11 is 0. The summed E-state index contributed by atoms with van der Waals surface area (Å²) in [6, 6.07) is 0. The van der Waals surface area contributed by atoms with Gasteiger partial charge in [0.15, 0.2) is 0 Å². The number of carbonyl (C=O) groups is 1. The highest BCUT2D eigenvalue weighted by Crippen LogP contribution is 2.13. The number of hydrogen-bond acceptors (Lipinski definition) is 3. The number of nitrogens with zero attached hydrogens (tertiary/aromatic N) is 2. The lowest BCUT2D eigenvalue weighted by molar-refractivity contribution is -0.135. The zero-order valence-corrected chi connectivity index (χ0v) is 11.7. The SMILES string of the molecule is CC(C)CN(CCN(C)C)C(=O)C1CCNC1. The van der Waals surface area contributed by atoms with Crippen LogP contribution in [0, 0.1) is 11.8 Å². The Balaban J connectivity index is 2.50. The van der Waals surface area contributed by atoms with Crippen LogP contribution >= 0.6 is 0 Å². The van der Waals surface area contributed by atoms with Crippen molar-refractivity contribution in [1.82, 2.24) is 15.1 Å². The Labute approximate surface area is 105 Å². The van der Waals surface area contributed by atoms with E-state index in [0.29, 0.717) is 11.8 Å². The highest BCUT2D eigenvalue weighted by molar-refractivity contribution is 5.79. The third-order valence-electron chi connectivity index (χ3n) is 3.12. The minimum Gasteiger partial charge on any atom is -0.341 e. The number of nitrogens with one attached hydrogen (secondary N) is 1. The van der Waals surface area contributed by atoms with Crippen LogP contribution in [0.2, 0.25) is 0 Å². The van der Waals surface area contributed by atoms with E-state index in [9.17, 15) is 4.79 Å². The average molecular weight is 241 g/mol. The van der Waals surface area contributed by atoms with Gasteiger partial charge in [0.05, 0.1) is 5.92 Å². The molecule has 1 amide bonds. The first kappa shape index (κ1) is 14.5. The summed E-state index contributed by atoms with van der Waals surface area (Å²) < 4.78 is 0. The topological polar surface area (TPSA) is 35.6 Å². The van der Waals surface area contributed by atoms with Crippen LogP contribution in [-0.2, 0) is 4.79 Å². The van der Waals surface area contributed by atoms with Crippen LogP contribution in [-0.4, -0.2) is 62.5 Å². The second-order valence-corrected chi connectivity index (χ2v) is 5.67. The van der Waals surface area contributed by atoms with Crippen molar-refractivity contribution in [3.63, 3.8) is 0 Å². The van der Waals surface area contributed by atoms with Crippen molar-refractivity contribution in [2.45, 2.75) is 20.3 Å². The largest absolute Gasteiger partial charge is 0.341 e. The summed E-state index contributed by atoms with van der Waals surface area (Å²) in [6.45, 7) is 8.85. The molecule has 1 fully saturated rings. The van der Waals surface area contributed by atoms with Gasteiger partial charge in [-0.2, -0.15) is 0 Å². The second kappa shape index (κ2) is 6.97. The third kappa shape index (κ3) is 5.04. The molecule has 17 heavy (non-hydrogen) atoms. The highest BCUT2D eigenvalue weighted by atomic mass is 16.2. The number of amides is 1. The van der Waals surface area contributed by atoms with Crippen LogP contribution in [0.5, 0.6) is 0 Å². The van der Waals surface area contributed by atoms with Crippen molar-refractivity contribution in [3.05, 3.63) is 0 Å². The van der Waals surface area contributed by atoms with Crippen LogP contribution in [0.3, 0.4) is 0 Å². The van der Waals surface area contributed by atoms with Gasteiger partial charge in [0, 0.05) is 26.2 Å². The Morgan fingerprint density at radius 3 is 2.53 bits per heavy atom. The van der Waals surface area contributed by atoms with Gasteiger partial charge in [0.1, 0.15) is 0 Å². The number of likely N-dealkylation sites (N-methyl/N-ethyl adjacent to an activating group) is 1. The lowest BCUT2D eigenvalue weighted by Gasteiger charge is -2.28. The minimum atomic E-state index is 0.205. The Hall–Kier alpha value is -0.610. The van der Waals surface area contributed by atoms with Crippen molar-refractivity contribution in [3.8, 4) is 0 Å². The smallest absolute Gasteiger partial charge is 0.227 e. The molecule has 100 valence electrons. The van der Waals surface area contributed by atoms with E-state index in [1.807, 2.05) is 4.90 Å². The standard InChI is InChI=1S/C13H27N3O/c1-11(2)10-16(8-7-15(3)4)13(17)12-5-6-14-9-12/h11-12,14H,5-10H2,1-4H3. The van der Waals surface area contributed by atoms with Gasteiger partial charge in [-0.1, -0.05) is 13.8 Å². The molecule has 0 aliphatic carbocycles. The van der Waals surface area contributed by atoms with Crippen molar-refractivity contribution >= 4 is 5.91 Å². The van der Waals surface area contributed by atoms with Crippen molar-refractivity contribution in [1.29, 1.82) is 0 Å². The Kier molecular flexibility index (Phi) is 5.92.